The molecular weight excluding hydrogens is 288 g/mol. The molecule has 0 aliphatic carbocycles. The number of hydrogen-bond donors (Lipinski definition) is 2. The Hall–Kier alpha value is -2.44. The highest BCUT2D eigenvalue weighted by molar-refractivity contribution is 5.91. The summed E-state index contributed by atoms with van der Waals surface area (Å²) < 4.78 is 15.5. The van der Waals surface area contributed by atoms with E-state index in [1.54, 1.807) is 39.0 Å². The molecule has 0 aromatic heterocycles. The number of rotatable bonds is 4. The molecule has 1 aromatic carbocycles. The third kappa shape index (κ3) is 4.83. The summed E-state index contributed by atoms with van der Waals surface area (Å²) in [5, 5.41) is 5.26. The Morgan fingerprint density at radius 2 is 1.95 bits per heavy atom. The monoisotopic (exact) mass is 308 g/mol. The van der Waals surface area contributed by atoms with E-state index in [1.807, 2.05) is 0 Å². The molecule has 0 spiro atoms. The molecule has 2 amide bonds. The van der Waals surface area contributed by atoms with E-state index in [9.17, 15) is 9.59 Å². The normalized spacial score (nSPS) is 12.7. The fourth-order valence-corrected chi connectivity index (χ4v) is 1.79. The number of nitrogens with one attached hydrogen (secondary N) is 2. The minimum absolute atomic E-state index is 0.147. The molecule has 120 valence electrons. The third-order valence-corrected chi connectivity index (χ3v) is 2.68. The predicted molar refractivity (Wildman–Crippen MR) is 80.0 cm³/mol. The van der Waals surface area contributed by atoms with Gasteiger partial charge in [0.15, 0.2) is 11.5 Å². The van der Waals surface area contributed by atoms with Gasteiger partial charge in [-0.2, -0.15) is 0 Å². The molecular formula is C15H20N2O5. The molecule has 0 saturated heterocycles. The molecule has 0 radical (unpaired) electrons. The fraction of sp³-hybridized carbons (Fsp3) is 0.467. The number of hydrogen-bond acceptors (Lipinski definition) is 5. The van der Waals surface area contributed by atoms with Crippen LogP contribution in [0, 0.1) is 0 Å². The molecule has 0 atom stereocenters. The van der Waals surface area contributed by atoms with Crippen molar-refractivity contribution in [3.05, 3.63) is 18.2 Å². The van der Waals surface area contributed by atoms with Gasteiger partial charge < -0.3 is 24.8 Å². The van der Waals surface area contributed by atoms with Crippen LogP contribution in [0.15, 0.2) is 18.2 Å². The van der Waals surface area contributed by atoms with E-state index in [1.165, 1.54) is 0 Å². The second kappa shape index (κ2) is 6.55. The van der Waals surface area contributed by atoms with Crippen molar-refractivity contribution in [2.24, 2.45) is 0 Å². The number of fused-ring (bicyclic) bond motifs is 1. The average molecular weight is 308 g/mol. The lowest BCUT2D eigenvalue weighted by Gasteiger charge is -2.19. The Morgan fingerprint density at radius 1 is 1.23 bits per heavy atom. The molecule has 0 bridgehead atoms. The molecule has 2 rings (SSSR count). The van der Waals surface area contributed by atoms with Crippen LogP contribution in [0.5, 0.6) is 11.5 Å². The minimum Gasteiger partial charge on any atom is -0.454 e. The number of amides is 2. The Kier molecular flexibility index (Phi) is 4.75. The van der Waals surface area contributed by atoms with Crippen LogP contribution in [0.25, 0.3) is 0 Å². The van der Waals surface area contributed by atoms with Gasteiger partial charge in [-0.15, -0.1) is 0 Å². The Bertz CT molecular complexity index is 566. The molecule has 1 aromatic rings. The largest absolute Gasteiger partial charge is 0.454 e. The number of alkyl carbamates (subject to hydrolysis) is 1. The quantitative estimate of drug-likeness (QED) is 0.891. The maximum absolute atomic E-state index is 11.8. The highest BCUT2D eigenvalue weighted by Crippen LogP contribution is 2.34. The molecule has 7 heteroatoms. The van der Waals surface area contributed by atoms with Gasteiger partial charge in [-0.05, 0) is 32.9 Å². The first-order valence-electron chi connectivity index (χ1n) is 7.00. The highest BCUT2D eigenvalue weighted by Gasteiger charge is 2.16. The van der Waals surface area contributed by atoms with Crippen molar-refractivity contribution in [1.82, 2.24) is 5.32 Å². The van der Waals surface area contributed by atoms with E-state index in [2.05, 4.69) is 10.6 Å². The summed E-state index contributed by atoms with van der Waals surface area (Å²) in [7, 11) is 0. The topological polar surface area (TPSA) is 85.9 Å². The Balaban J connectivity index is 1.73. The van der Waals surface area contributed by atoms with Crippen molar-refractivity contribution in [3.8, 4) is 11.5 Å². The summed E-state index contributed by atoms with van der Waals surface area (Å²) in [6, 6.07) is 5.16. The maximum atomic E-state index is 11.8. The highest BCUT2D eigenvalue weighted by atomic mass is 16.7. The van der Waals surface area contributed by atoms with Gasteiger partial charge in [-0.1, -0.05) is 0 Å². The van der Waals surface area contributed by atoms with Crippen molar-refractivity contribution >= 4 is 17.7 Å². The van der Waals surface area contributed by atoms with Crippen LogP contribution in [0.2, 0.25) is 0 Å². The molecule has 2 N–H and O–H groups in total. The number of ether oxygens (including phenoxy) is 3. The van der Waals surface area contributed by atoms with E-state index in [-0.39, 0.29) is 25.7 Å². The summed E-state index contributed by atoms with van der Waals surface area (Å²) in [4.78, 5) is 23.2. The van der Waals surface area contributed by atoms with Crippen molar-refractivity contribution in [2.45, 2.75) is 32.8 Å². The lowest BCUT2D eigenvalue weighted by Crippen LogP contribution is -2.34. The standard InChI is InChI=1S/C15H20N2O5/c1-15(2,3)22-14(19)16-7-6-13(18)17-10-4-5-11-12(8-10)21-9-20-11/h4-5,8H,6-7,9H2,1-3H3,(H,16,19)(H,17,18). The summed E-state index contributed by atoms with van der Waals surface area (Å²) >= 11 is 0. The first-order chi connectivity index (χ1) is 10.3. The van der Waals surface area contributed by atoms with E-state index < -0.39 is 11.7 Å². The minimum atomic E-state index is -0.557. The summed E-state index contributed by atoms with van der Waals surface area (Å²) in [5.41, 5.74) is 0.0604. The lowest BCUT2D eigenvalue weighted by atomic mass is 10.2. The van der Waals surface area contributed by atoms with Gasteiger partial charge in [0.2, 0.25) is 12.7 Å². The molecule has 22 heavy (non-hydrogen) atoms. The zero-order valence-electron chi connectivity index (χ0n) is 12.9. The van der Waals surface area contributed by atoms with Crippen molar-refractivity contribution < 1.29 is 23.8 Å². The van der Waals surface area contributed by atoms with Crippen LogP contribution in [0.4, 0.5) is 10.5 Å². The number of benzene rings is 1. The fourth-order valence-electron chi connectivity index (χ4n) is 1.79. The smallest absolute Gasteiger partial charge is 0.407 e. The SMILES string of the molecule is CC(C)(C)OC(=O)NCCC(=O)Nc1ccc2c(c1)OCO2. The van der Waals surface area contributed by atoms with Crippen LogP contribution in [-0.4, -0.2) is 30.9 Å². The van der Waals surface area contributed by atoms with Crippen LogP contribution in [-0.2, 0) is 9.53 Å². The second-order valence-corrected chi connectivity index (χ2v) is 5.79. The molecule has 1 aliphatic heterocycles. The molecule has 0 fully saturated rings. The van der Waals surface area contributed by atoms with Gasteiger partial charge in [0, 0.05) is 24.7 Å². The van der Waals surface area contributed by atoms with Crippen LogP contribution < -0.4 is 20.1 Å². The van der Waals surface area contributed by atoms with Gasteiger partial charge in [0.1, 0.15) is 5.60 Å². The van der Waals surface area contributed by atoms with E-state index in [0.29, 0.717) is 17.2 Å². The summed E-state index contributed by atoms with van der Waals surface area (Å²) in [5.74, 6) is 1.05. The molecule has 0 unspecified atom stereocenters. The van der Waals surface area contributed by atoms with Gasteiger partial charge in [-0.25, -0.2) is 4.79 Å². The van der Waals surface area contributed by atoms with Gasteiger partial charge in [0.05, 0.1) is 0 Å². The lowest BCUT2D eigenvalue weighted by molar-refractivity contribution is -0.116. The molecule has 1 heterocycles. The van der Waals surface area contributed by atoms with Crippen LogP contribution in [0.1, 0.15) is 27.2 Å². The summed E-state index contributed by atoms with van der Waals surface area (Å²) in [6.45, 7) is 5.72. The Morgan fingerprint density at radius 3 is 2.68 bits per heavy atom. The Labute approximate surface area is 128 Å². The van der Waals surface area contributed by atoms with E-state index in [0.717, 1.165) is 0 Å². The second-order valence-electron chi connectivity index (χ2n) is 5.79. The molecule has 0 saturated carbocycles. The first kappa shape index (κ1) is 15.9. The van der Waals surface area contributed by atoms with E-state index in [4.69, 9.17) is 14.2 Å². The van der Waals surface area contributed by atoms with Crippen molar-refractivity contribution in [3.63, 3.8) is 0 Å². The zero-order valence-corrected chi connectivity index (χ0v) is 12.9. The average Bonchev–Trinajstić information content (AvgIpc) is 2.83. The molecule has 7 nitrogen and oxygen atoms in total. The van der Waals surface area contributed by atoms with Crippen molar-refractivity contribution in [1.29, 1.82) is 0 Å². The zero-order chi connectivity index (χ0) is 16.2. The number of anilines is 1. The van der Waals surface area contributed by atoms with Gasteiger partial charge in [0.25, 0.3) is 0 Å². The maximum Gasteiger partial charge on any atom is 0.407 e. The predicted octanol–water partition coefficient (Wildman–Crippen LogP) is 2.27. The third-order valence-electron chi connectivity index (χ3n) is 2.68. The van der Waals surface area contributed by atoms with Crippen LogP contribution in [0.3, 0.4) is 0 Å². The number of carbonyl (C=O) groups is 2. The summed E-state index contributed by atoms with van der Waals surface area (Å²) in [6.07, 6.45) is -0.392. The van der Waals surface area contributed by atoms with Gasteiger partial charge >= 0.3 is 6.09 Å². The van der Waals surface area contributed by atoms with Crippen LogP contribution >= 0.6 is 0 Å². The first-order valence-corrected chi connectivity index (χ1v) is 7.00. The van der Waals surface area contributed by atoms with E-state index >= 15 is 0 Å². The molecule has 1 aliphatic rings. The van der Waals surface area contributed by atoms with Crippen molar-refractivity contribution in [2.75, 3.05) is 18.7 Å². The van der Waals surface area contributed by atoms with Gasteiger partial charge in [-0.3, -0.25) is 4.79 Å². The number of carbonyl (C=O) groups excluding carboxylic acids is 2.